The third kappa shape index (κ3) is 5.21. The van der Waals surface area contributed by atoms with Gasteiger partial charge in [0, 0.05) is 44.0 Å². The number of hydrogen-bond acceptors (Lipinski definition) is 4. The fourth-order valence-electron chi connectivity index (χ4n) is 2.64. The molecule has 1 aromatic carbocycles. The summed E-state index contributed by atoms with van der Waals surface area (Å²) in [6.45, 7) is 6.30. The van der Waals surface area contributed by atoms with E-state index in [1.807, 2.05) is 38.1 Å². The molecule has 7 heteroatoms. The van der Waals surface area contributed by atoms with E-state index in [1.165, 1.54) is 10.6 Å². The fourth-order valence-corrected chi connectivity index (χ4v) is 3.47. The van der Waals surface area contributed by atoms with Gasteiger partial charge < -0.3 is 10.2 Å². The molecule has 1 amide bonds. The van der Waals surface area contributed by atoms with Crippen LogP contribution in [0, 0.1) is 5.92 Å². The minimum atomic E-state index is -3.12. The van der Waals surface area contributed by atoms with E-state index in [2.05, 4.69) is 10.2 Å². The zero-order valence-corrected chi connectivity index (χ0v) is 14.8. The van der Waals surface area contributed by atoms with E-state index in [4.69, 9.17) is 0 Å². The number of anilines is 2. The number of nitrogens with zero attached hydrogens (tertiary/aromatic N) is 2. The highest BCUT2D eigenvalue weighted by Crippen LogP contribution is 2.22. The monoisotopic (exact) mass is 339 g/mol. The first kappa shape index (κ1) is 17.7. The molecule has 0 atom stereocenters. The van der Waals surface area contributed by atoms with Crippen molar-refractivity contribution < 1.29 is 13.2 Å². The fraction of sp³-hybridized carbons (Fsp3) is 0.562. The second kappa shape index (κ2) is 7.31. The van der Waals surface area contributed by atoms with Gasteiger partial charge in [-0.3, -0.25) is 4.79 Å². The van der Waals surface area contributed by atoms with Gasteiger partial charge in [0.1, 0.15) is 0 Å². The summed E-state index contributed by atoms with van der Waals surface area (Å²) in [7, 11) is -3.12. The van der Waals surface area contributed by atoms with Crippen LogP contribution in [0.3, 0.4) is 0 Å². The molecule has 1 aromatic rings. The number of hydrogen-bond donors (Lipinski definition) is 1. The van der Waals surface area contributed by atoms with E-state index in [-0.39, 0.29) is 5.91 Å². The van der Waals surface area contributed by atoms with Crippen LogP contribution in [0.2, 0.25) is 0 Å². The van der Waals surface area contributed by atoms with Gasteiger partial charge in [-0.15, -0.1) is 0 Å². The summed E-state index contributed by atoms with van der Waals surface area (Å²) in [4.78, 5) is 14.0. The number of piperazine rings is 1. The SMILES string of the molecule is CC(C)CC(=O)Nc1cccc(N2CCN(S(C)(=O)=O)CC2)c1. The van der Waals surface area contributed by atoms with Gasteiger partial charge in [0.05, 0.1) is 6.26 Å². The van der Waals surface area contributed by atoms with Crippen LogP contribution in [0.5, 0.6) is 0 Å². The molecule has 6 nitrogen and oxygen atoms in total. The Hall–Kier alpha value is -1.60. The van der Waals surface area contributed by atoms with Gasteiger partial charge in [-0.25, -0.2) is 8.42 Å². The normalized spacial score (nSPS) is 16.6. The van der Waals surface area contributed by atoms with Crippen molar-refractivity contribution in [3.05, 3.63) is 24.3 Å². The average Bonchev–Trinajstić information content (AvgIpc) is 2.46. The Morgan fingerprint density at radius 1 is 1.22 bits per heavy atom. The molecule has 0 aliphatic carbocycles. The molecule has 0 aromatic heterocycles. The second-order valence-corrected chi connectivity index (χ2v) is 8.33. The van der Waals surface area contributed by atoms with Crippen molar-refractivity contribution in [2.24, 2.45) is 5.92 Å². The van der Waals surface area contributed by atoms with Crippen molar-refractivity contribution in [2.45, 2.75) is 20.3 Å². The standard InChI is InChI=1S/C16H25N3O3S/c1-13(2)11-16(20)17-14-5-4-6-15(12-14)18-7-9-19(10-8-18)23(3,21)22/h4-6,12-13H,7-11H2,1-3H3,(H,17,20). The number of amides is 1. The number of sulfonamides is 1. The maximum Gasteiger partial charge on any atom is 0.224 e. The third-order valence-corrected chi connectivity index (χ3v) is 5.10. The molecule has 1 aliphatic rings. The number of carbonyl (C=O) groups is 1. The summed E-state index contributed by atoms with van der Waals surface area (Å²) in [6, 6.07) is 7.69. The van der Waals surface area contributed by atoms with E-state index in [0.717, 1.165) is 11.4 Å². The minimum absolute atomic E-state index is 0.0130. The Morgan fingerprint density at radius 3 is 2.43 bits per heavy atom. The van der Waals surface area contributed by atoms with E-state index in [0.29, 0.717) is 38.5 Å². The van der Waals surface area contributed by atoms with E-state index >= 15 is 0 Å². The van der Waals surface area contributed by atoms with Gasteiger partial charge >= 0.3 is 0 Å². The van der Waals surface area contributed by atoms with Crippen molar-refractivity contribution in [1.29, 1.82) is 0 Å². The predicted octanol–water partition coefficient (Wildman–Crippen LogP) is 1.75. The highest BCUT2D eigenvalue weighted by Gasteiger charge is 2.23. The molecule has 1 saturated heterocycles. The first-order chi connectivity index (χ1) is 10.8. The summed E-state index contributed by atoms with van der Waals surface area (Å²) >= 11 is 0. The lowest BCUT2D eigenvalue weighted by Crippen LogP contribution is -2.48. The Kier molecular flexibility index (Phi) is 5.64. The van der Waals surface area contributed by atoms with Crippen molar-refractivity contribution in [3.8, 4) is 0 Å². The average molecular weight is 339 g/mol. The Bertz CT molecular complexity index is 650. The summed E-state index contributed by atoms with van der Waals surface area (Å²) in [5.74, 6) is 0.335. The van der Waals surface area contributed by atoms with Gasteiger partial charge in [-0.05, 0) is 24.1 Å². The molecule has 0 unspecified atom stereocenters. The summed E-state index contributed by atoms with van der Waals surface area (Å²) in [6.07, 6.45) is 1.74. The van der Waals surface area contributed by atoms with Crippen molar-refractivity contribution in [2.75, 3.05) is 42.7 Å². The van der Waals surface area contributed by atoms with Gasteiger partial charge in [0.15, 0.2) is 0 Å². The second-order valence-electron chi connectivity index (χ2n) is 6.35. The molecule has 0 bridgehead atoms. The molecule has 0 saturated carbocycles. The Labute approximate surface area is 138 Å². The van der Waals surface area contributed by atoms with Crippen LogP contribution in [-0.2, 0) is 14.8 Å². The van der Waals surface area contributed by atoms with Crippen molar-refractivity contribution >= 4 is 27.3 Å². The molecule has 1 aliphatic heterocycles. The lowest BCUT2D eigenvalue weighted by Gasteiger charge is -2.34. The number of rotatable bonds is 5. The van der Waals surface area contributed by atoms with Crippen molar-refractivity contribution in [1.82, 2.24) is 4.31 Å². The molecule has 0 radical (unpaired) electrons. The Balaban J connectivity index is 1.99. The first-order valence-electron chi connectivity index (χ1n) is 7.85. The quantitative estimate of drug-likeness (QED) is 0.887. The molecule has 1 fully saturated rings. The van der Waals surface area contributed by atoms with Gasteiger partial charge in [-0.1, -0.05) is 19.9 Å². The summed E-state index contributed by atoms with van der Waals surface area (Å²) in [5, 5.41) is 2.91. The van der Waals surface area contributed by atoms with Crippen LogP contribution in [-0.4, -0.2) is 51.1 Å². The third-order valence-electron chi connectivity index (χ3n) is 3.80. The van der Waals surface area contributed by atoms with Crippen LogP contribution in [0.25, 0.3) is 0 Å². The molecule has 128 valence electrons. The maximum atomic E-state index is 11.9. The molecule has 1 heterocycles. The molecular weight excluding hydrogens is 314 g/mol. The largest absolute Gasteiger partial charge is 0.369 e. The summed E-state index contributed by atoms with van der Waals surface area (Å²) in [5.41, 5.74) is 1.78. The smallest absolute Gasteiger partial charge is 0.224 e. The lowest BCUT2D eigenvalue weighted by atomic mass is 10.1. The molecule has 23 heavy (non-hydrogen) atoms. The van der Waals surface area contributed by atoms with Gasteiger partial charge in [0.25, 0.3) is 0 Å². The minimum Gasteiger partial charge on any atom is -0.369 e. The van der Waals surface area contributed by atoms with Crippen LogP contribution >= 0.6 is 0 Å². The zero-order valence-electron chi connectivity index (χ0n) is 13.9. The van der Waals surface area contributed by atoms with Crippen LogP contribution < -0.4 is 10.2 Å². The summed E-state index contributed by atoms with van der Waals surface area (Å²) < 4.78 is 24.6. The molecular formula is C16H25N3O3S. The zero-order chi connectivity index (χ0) is 17.0. The molecule has 1 N–H and O–H groups in total. The van der Waals surface area contributed by atoms with Crippen LogP contribution in [0.15, 0.2) is 24.3 Å². The van der Waals surface area contributed by atoms with Crippen LogP contribution in [0.1, 0.15) is 20.3 Å². The molecule has 0 spiro atoms. The lowest BCUT2D eigenvalue weighted by molar-refractivity contribution is -0.116. The van der Waals surface area contributed by atoms with Crippen LogP contribution in [0.4, 0.5) is 11.4 Å². The van der Waals surface area contributed by atoms with E-state index < -0.39 is 10.0 Å². The van der Waals surface area contributed by atoms with Gasteiger partial charge in [-0.2, -0.15) is 4.31 Å². The van der Waals surface area contributed by atoms with E-state index in [1.54, 1.807) is 0 Å². The predicted molar refractivity (Wildman–Crippen MR) is 93.2 cm³/mol. The topological polar surface area (TPSA) is 69.7 Å². The van der Waals surface area contributed by atoms with Crippen molar-refractivity contribution in [3.63, 3.8) is 0 Å². The van der Waals surface area contributed by atoms with E-state index in [9.17, 15) is 13.2 Å². The maximum absolute atomic E-state index is 11.9. The van der Waals surface area contributed by atoms with Gasteiger partial charge in [0.2, 0.25) is 15.9 Å². The molecule has 2 rings (SSSR count). The Morgan fingerprint density at radius 2 is 1.87 bits per heavy atom. The number of nitrogens with one attached hydrogen (secondary N) is 1. The first-order valence-corrected chi connectivity index (χ1v) is 9.70. The number of carbonyl (C=O) groups excluding carboxylic acids is 1. The highest BCUT2D eigenvalue weighted by molar-refractivity contribution is 7.88. The highest BCUT2D eigenvalue weighted by atomic mass is 32.2. The number of benzene rings is 1.